The Morgan fingerprint density at radius 2 is 1.77 bits per heavy atom. The van der Waals surface area contributed by atoms with Gasteiger partial charge in [0.05, 0.1) is 11.2 Å². The van der Waals surface area contributed by atoms with Gasteiger partial charge in [-0.05, 0) is 6.42 Å². The summed E-state index contributed by atoms with van der Waals surface area (Å²) in [5.41, 5.74) is 0.258. The van der Waals surface area contributed by atoms with E-state index in [1.54, 1.807) is 0 Å². The summed E-state index contributed by atoms with van der Waals surface area (Å²) in [7, 11) is -2.45. The molecule has 5 heteroatoms. The molecule has 0 aromatic rings. The zero-order chi connectivity index (χ0) is 10.2. The van der Waals surface area contributed by atoms with Gasteiger partial charge in [0.25, 0.3) is 0 Å². The van der Waals surface area contributed by atoms with Crippen molar-refractivity contribution >= 4 is 30.5 Å². The van der Waals surface area contributed by atoms with Crippen molar-refractivity contribution in [1.82, 2.24) is 5.09 Å². The van der Waals surface area contributed by atoms with Gasteiger partial charge in [-0.25, -0.2) is 0 Å². The number of rotatable bonds is 8. The van der Waals surface area contributed by atoms with Crippen molar-refractivity contribution < 1.29 is 4.57 Å². The fourth-order valence-electron chi connectivity index (χ4n) is 0.951. The molecule has 0 aromatic heterocycles. The molecule has 0 aliphatic heterocycles. The smallest absolute Gasteiger partial charge is 0.176 e. The number of alkyl halides is 2. The Labute approximate surface area is 90.8 Å². The highest BCUT2D eigenvalue weighted by atomic mass is 35.5. The maximum absolute atomic E-state index is 11.6. The van der Waals surface area contributed by atoms with Gasteiger partial charge in [-0.15, -0.1) is 23.2 Å². The van der Waals surface area contributed by atoms with Crippen LogP contribution in [-0.4, -0.2) is 17.8 Å². The molecular weight excluding hydrogens is 228 g/mol. The van der Waals surface area contributed by atoms with Crippen LogP contribution in [0.3, 0.4) is 0 Å². The van der Waals surface area contributed by atoms with E-state index in [4.69, 9.17) is 23.2 Å². The summed E-state index contributed by atoms with van der Waals surface area (Å²) in [6.07, 6.45) is 4.66. The first-order valence-electron chi connectivity index (χ1n) is 4.63. The maximum atomic E-state index is 11.6. The van der Waals surface area contributed by atoms with E-state index in [1.165, 1.54) is 19.3 Å². The lowest BCUT2D eigenvalue weighted by molar-refractivity contribution is 0.565. The summed E-state index contributed by atoms with van der Waals surface area (Å²) in [6.45, 7) is 2.92. The maximum Gasteiger partial charge on any atom is 0.176 e. The van der Waals surface area contributed by atoms with Crippen molar-refractivity contribution in [3.05, 3.63) is 0 Å². The number of hydrogen-bond donors (Lipinski definition) is 1. The van der Waals surface area contributed by atoms with E-state index in [-0.39, 0.29) is 11.2 Å². The van der Waals surface area contributed by atoms with Gasteiger partial charge < -0.3 is 4.57 Å². The van der Waals surface area contributed by atoms with Gasteiger partial charge in [0, 0.05) is 6.54 Å². The minimum absolute atomic E-state index is 0.129. The SMILES string of the molecule is CCCCCCNP(=O)(CCl)CCl. The Morgan fingerprint density at radius 3 is 2.23 bits per heavy atom. The monoisotopic (exact) mass is 245 g/mol. The van der Waals surface area contributed by atoms with Crippen molar-refractivity contribution in [3.8, 4) is 0 Å². The molecule has 1 N–H and O–H groups in total. The number of nitrogens with one attached hydrogen (secondary N) is 1. The highest BCUT2D eigenvalue weighted by Gasteiger charge is 2.17. The van der Waals surface area contributed by atoms with Crippen molar-refractivity contribution in [2.75, 3.05) is 17.8 Å². The van der Waals surface area contributed by atoms with E-state index in [0.717, 1.165) is 13.0 Å². The third-order valence-corrected chi connectivity index (χ3v) is 5.71. The average molecular weight is 246 g/mol. The molecule has 0 aromatic carbocycles. The molecule has 0 amide bonds. The second-order valence-corrected chi connectivity index (χ2v) is 7.10. The van der Waals surface area contributed by atoms with E-state index in [2.05, 4.69) is 12.0 Å². The number of unbranched alkanes of at least 4 members (excludes halogenated alkanes) is 3. The quantitative estimate of drug-likeness (QED) is 0.400. The molecule has 0 saturated carbocycles. The number of halogens is 2. The summed E-state index contributed by atoms with van der Waals surface area (Å²) in [5, 5.41) is 2.95. The Kier molecular flexibility index (Phi) is 8.59. The first-order valence-corrected chi connectivity index (χ1v) is 7.78. The molecule has 0 radical (unpaired) electrons. The van der Waals surface area contributed by atoms with Crippen LogP contribution in [-0.2, 0) is 4.57 Å². The van der Waals surface area contributed by atoms with E-state index in [0.29, 0.717) is 0 Å². The van der Waals surface area contributed by atoms with Gasteiger partial charge in [0.15, 0.2) is 7.29 Å². The van der Waals surface area contributed by atoms with Crippen LogP contribution in [0.15, 0.2) is 0 Å². The van der Waals surface area contributed by atoms with Crippen LogP contribution >= 0.6 is 30.5 Å². The van der Waals surface area contributed by atoms with Crippen LogP contribution in [0.25, 0.3) is 0 Å². The average Bonchev–Trinajstić information content (AvgIpc) is 2.17. The third kappa shape index (κ3) is 6.79. The molecule has 13 heavy (non-hydrogen) atoms. The normalized spacial score (nSPS) is 11.9. The van der Waals surface area contributed by atoms with E-state index < -0.39 is 7.29 Å². The number of hydrogen-bond acceptors (Lipinski definition) is 1. The highest BCUT2D eigenvalue weighted by Crippen LogP contribution is 2.42. The fourth-order valence-corrected chi connectivity index (χ4v) is 3.02. The van der Waals surface area contributed by atoms with Gasteiger partial charge in [-0.1, -0.05) is 26.2 Å². The van der Waals surface area contributed by atoms with Gasteiger partial charge in [0.1, 0.15) is 0 Å². The van der Waals surface area contributed by atoms with Crippen LogP contribution in [0, 0.1) is 0 Å². The molecule has 0 aliphatic carbocycles. The highest BCUT2D eigenvalue weighted by molar-refractivity contribution is 7.64. The van der Waals surface area contributed by atoms with Crippen molar-refractivity contribution in [2.45, 2.75) is 32.6 Å². The van der Waals surface area contributed by atoms with E-state index in [9.17, 15) is 4.57 Å². The van der Waals surface area contributed by atoms with Crippen LogP contribution in [0.2, 0.25) is 0 Å². The summed E-state index contributed by atoms with van der Waals surface area (Å²) in [4.78, 5) is 0. The Morgan fingerprint density at radius 1 is 1.15 bits per heavy atom. The predicted octanol–water partition coefficient (Wildman–Crippen LogP) is 3.83. The molecule has 0 saturated heterocycles. The fraction of sp³-hybridized carbons (Fsp3) is 1.00. The Bertz CT molecular complexity index is 158. The molecule has 2 nitrogen and oxygen atoms in total. The molecule has 0 spiro atoms. The second-order valence-electron chi connectivity index (χ2n) is 3.10. The van der Waals surface area contributed by atoms with Crippen molar-refractivity contribution in [3.63, 3.8) is 0 Å². The molecule has 0 unspecified atom stereocenters. The van der Waals surface area contributed by atoms with Gasteiger partial charge in [-0.3, -0.25) is 5.09 Å². The molecule has 0 atom stereocenters. The van der Waals surface area contributed by atoms with Crippen molar-refractivity contribution in [2.24, 2.45) is 0 Å². The lowest BCUT2D eigenvalue weighted by Gasteiger charge is -2.13. The standard InChI is InChI=1S/C8H18Cl2NOP/c1-2-3-4-5-6-11-13(12,7-9)8-10/h2-8H2,1H3,(H,11,12). The van der Waals surface area contributed by atoms with E-state index in [1.807, 2.05) is 0 Å². The first-order chi connectivity index (χ1) is 6.18. The van der Waals surface area contributed by atoms with Crippen LogP contribution in [0.1, 0.15) is 32.6 Å². The Hall–Kier alpha value is 0.770. The Balaban J connectivity index is 3.45. The predicted molar refractivity (Wildman–Crippen MR) is 61.2 cm³/mol. The minimum Gasteiger partial charge on any atom is -0.304 e. The summed E-state index contributed by atoms with van der Waals surface area (Å²) in [6, 6.07) is 0. The zero-order valence-electron chi connectivity index (χ0n) is 8.06. The van der Waals surface area contributed by atoms with E-state index >= 15 is 0 Å². The second kappa shape index (κ2) is 8.11. The van der Waals surface area contributed by atoms with Gasteiger partial charge in [0.2, 0.25) is 0 Å². The summed E-state index contributed by atoms with van der Waals surface area (Å²) >= 11 is 11.1. The van der Waals surface area contributed by atoms with Gasteiger partial charge in [-0.2, -0.15) is 0 Å². The lowest BCUT2D eigenvalue weighted by Crippen LogP contribution is -2.13. The van der Waals surface area contributed by atoms with Crippen LogP contribution in [0.4, 0.5) is 0 Å². The molecule has 80 valence electrons. The molecule has 0 rings (SSSR count). The zero-order valence-corrected chi connectivity index (χ0v) is 10.5. The molecule has 0 aliphatic rings. The molecule has 0 bridgehead atoms. The third-order valence-electron chi connectivity index (χ3n) is 1.82. The van der Waals surface area contributed by atoms with Crippen molar-refractivity contribution in [1.29, 1.82) is 0 Å². The topological polar surface area (TPSA) is 29.1 Å². The van der Waals surface area contributed by atoms with Gasteiger partial charge >= 0.3 is 0 Å². The first kappa shape index (κ1) is 13.8. The lowest BCUT2D eigenvalue weighted by atomic mass is 10.2. The molecule has 0 heterocycles. The summed E-state index contributed by atoms with van der Waals surface area (Å²) < 4.78 is 11.6. The molecule has 0 fully saturated rings. The summed E-state index contributed by atoms with van der Waals surface area (Å²) in [5.74, 6) is 0. The van der Waals surface area contributed by atoms with Crippen LogP contribution in [0.5, 0.6) is 0 Å². The van der Waals surface area contributed by atoms with Crippen LogP contribution < -0.4 is 5.09 Å². The largest absolute Gasteiger partial charge is 0.304 e. The molecular formula is C8H18Cl2NOP. The minimum atomic E-state index is -2.45.